The van der Waals surface area contributed by atoms with Gasteiger partial charge in [-0.1, -0.05) is 12.1 Å². The standard InChI is InChI=1S/C17H15N3O8S/c1-17(7-28-20(25)26)11(16(24)27-2)19-14(23)10(15(19)29-17)18-12(21)8-5-3-4-6-9(8)13(18)22/h3-6,10-11,15H,7H2,1-2H3/t10?,11?,15-,17+/m1/s1. The number of rotatable bonds is 5. The van der Waals surface area contributed by atoms with Crippen molar-refractivity contribution in [1.82, 2.24) is 9.80 Å². The van der Waals surface area contributed by atoms with E-state index >= 15 is 0 Å². The molecule has 29 heavy (non-hydrogen) atoms. The molecule has 4 atom stereocenters. The SMILES string of the molecule is COC(=O)C1N2C(=O)C(N3C(=O)c4ccccc4C3=O)[C@H]2S[C@@]1(C)CO[N+](=O)[O-]. The monoisotopic (exact) mass is 421 g/mol. The number of hydrogen-bond acceptors (Lipinski definition) is 9. The second-order valence-electron chi connectivity index (χ2n) is 6.96. The van der Waals surface area contributed by atoms with Gasteiger partial charge >= 0.3 is 5.97 Å². The molecule has 2 saturated heterocycles. The predicted molar refractivity (Wildman–Crippen MR) is 96.1 cm³/mol. The maximum Gasteiger partial charge on any atom is 0.330 e. The van der Waals surface area contributed by atoms with E-state index in [1.807, 2.05) is 0 Å². The fraction of sp³-hybridized carbons (Fsp3) is 0.412. The van der Waals surface area contributed by atoms with Gasteiger partial charge < -0.3 is 14.5 Å². The second-order valence-corrected chi connectivity index (χ2v) is 8.61. The van der Waals surface area contributed by atoms with Gasteiger partial charge in [0.1, 0.15) is 24.1 Å². The third-order valence-electron chi connectivity index (χ3n) is 5.28. The molecular weight excluding hydrogens is 406 g/mol. The average Bonchev–Trinajstić information content (AvgIpc) is 3.11. The van der Waals surface area contributed by atoms with Crippen LogP contribution >= 0.6 is 11.8 Å². The fourth-order valence-corrected chi connectivity index (χ4v) is 5.68. The number of hydrogen-bond donors (Lipinski definition) is 0. The number of fused-ring (bicyclic) bond motifs is 2. The minimum atomic E-state index is -1.20. The topological polar surface area (TPSA) is 136 Å². The van der Waals surface area contributed by atoms with E-state index in [0.717, 1.165) is 23.8 Å². The molecule has 3 heterocycles. The van der Waals surface area contributed by atoms with E-state index in [-0.39, 0.29) is 11.1 Å². The van der Waals surface area contributed by atoms with Gasteiger partial charge in [-0.25, -0.2) is 4.79 Å². The minimum Gasteiger partial charge on any atom is -0.467 e. The molecule has 0 bridgehead atoms. The number of β-lactam (4-membered cyclic amide) rings is 1. The third-order valence-corrected chi connectivity index (χ3v) is 6.89. The Balaban J connectivity index is 1.66. The number of amides is 3. The molecule has 2 unspecified atom stereocenters. The highest BCUT2D eigenvalue weighted by molar-refractivity contribution is 8.01. The lowest BCUT2D eigenvalue weighted by Gasteiger charge is -2.46. The summed E-state index contributed by atoms with van der Waals surface area (Å²) in [6, 6.07) is 3.98. The summed E-state index contributed by atoms with van der Waals surface area (Å²) in [5, 5.41) is 8.92. The van der Waals surface area contributed by atoms with E-state index < -0.39 is 57.6 Å². The van der Waals surface area contributed by atoms with E-state index in [1.54, 1.807) is 12.1 Å². The van der Waals surface area contributed by atoms with Crippen LogP contribution < -0.4 is 0 Å². The second kappa shape index (κ2) is 6.44. The number of thioether (sulfide) groups is 1. The Kier molecular flexibility index (Phi) is 4.26. The van der Waals surface area contributed by atoms with Crippen molar-refractivity contribution >= 4 is 35.5 Å². The van der Waals surface area contributed by atoms with Crippen LogP contribution in [0.1, 0.15) is 27.6 Å². The molecule has 12 heteroatoms. The van der Waals surface area contributed by atoms with Crippen molar-refractivity contribution in [2.75, 3.05) is 13.7 Å². The number of ether oxygens (including phenoxy) is 1. The Morgan fingerprint density at radius 3 is 2.34 bits per heavy atom. The van der Waals surface area contributed by atoms with Crippen LogP contribution in [0.25, 0.3) is 0 Å². The number of benzene rings is 1. The molecule has 2 fully saturated rings. The summed E-state index contributed by atoms with van der Waals surface area (Å²) < 4.78 is 3.57. The van der Waals surface area contributed by atoms with Crippen LogP contribution in [0.15, 0.2) is 24.3 Å². The molecule has 3 aliphatic rings. The Morgan fingerprint density at radius 2 is 1.83 bits per heavy atom. The molecule has 0 N–H and O–H groups in total. The van der Waals surface area contributed by atoms with Crippen LogP contribution in [0.4, 0.5) is 0 Å². The Morgan fingerprint density at radius 1 is 1.24 bits per heavy atom. The van der Waals surface area contributed by atoms with Gasteiger partial charge in [0.2, 0.25) is 0 Å². The molecule has 1 aromatic carbocycles. The normalized spacial score (nSPS) is 30.0. The van der Waals surface area contributed by atoms with Crippen LogP contribution in [0.5, 0.6) is 0 Å². The Labute approximate surface area is 168 Å². The highest BCUT2D eigenvalue weighted by Gasteiger charge is 2.69. The summed E-state index contributed by atoms with van der Waals surface area (Å²) >= 11 is 1.07. The van der Waals surface area contributed by atoms with E-state index in [0.29, 0.717) is 0 Å². The Bertz CT molecular complexity index is 933. The van der Waals surface area contributed by atoms with Gasteiger partial charge in [0.15, 0.2) is 0 Å². The quantitative estimate of drug-likeness (QED) is 0.213. The van der Waals surface area contributed by atoms with Gasteiger partial charge in [-0.2, -0.15) is 0 Å². The van der Waals surface area contributed by atoms with Gasteiger partial charge in [0.05, 0.1) is 23.0 Å². The predicted octanol–water partition coefficient (Wildman–Crippen LogP) is 0.0749. The van der Waals surface area contributed by atoms with Crippen LogP contribution in [-0.4, -0.2) is 74.5 Å². The van der Waals surface area contributed by atoms with Crippen molar-refractivity contribution in [2.45, 2.75) is 29.1 Å². The van der Waals surface area contributed by atoms with Gasteiger partial charge in [-0.3, -0.25) is 19.3 Å². The van der Waals surface area contributed by atoms with Crippen molar-refractivity contribution < 1.29 is 33.8 Å². The number of esters is 1. The first-order chi connectivity index (χ1) is 13.7. The summed E-state index contributed by atoms with van der Waals surface area (Å²) in [6.45, 7) is 1.06. The Hall–Kier alpha value is -3.15. The molecule has 0 radical (unpaired) electrons. The van der Waals surface area contributed by atoms with Gasteiger partial charge in [-0.15, -0.1) is 21.9 Å². The lowest BCUT2D eigenvalue weighted by molar-refractivity contribution is -0.758. The molecule has 1 aromatic rings. The summed E-state index contributed by atoms with van der Waals surface area (Å²) in [7, 11) is 1.14. The van der Waals surface area contributed by atoms with Crippen LogP contribution in [0.2, 0.25) is 0 Å². The first kappa shape index (κ1) is 19.2. The lowest BCUT2D eigenvalue weighted by Crippen LogP contribution is -2.71. The van der Waals surface area contributed by atoms with Crippen molar-refractivity contribution in [2.24, 2.45) is 0 Å². The first-order valence-electron chi connectivity index (χ1n) is 8.53. The van der Waals surface area contributed by atoms with Crippen LogP contribution in [0.3, 0.4) is 0 Å². The number of methoxy groups -OCH3 is 1. The lowest BCUT2D eigenvalue weighted by atomic mass is 9.94. The zero-order chi connectivity index (χ0) is 21.1. The van der Waals surface area contributed by atoms with Crippen molar-refractivity contribution in [3.63, 3.8) is 0 Å². The summed E-state index contributed by atoms with van der Waals surface area (Å²) in [6.07, 6.45) is 0. The molecule has 152 valence electrons. The van der Waals surface area contributed by atoms with Crippen LogP contribution in [0, 0.1) is 10.1 Å². The zero-order valence-electron chi connectivity index (χ0n) is 15.3. The summed E-state index contributed by atoms with van der Waals surface area (Å²) in [5.74, 6) is -2.54. The third kappa shape index (κ3) is 2.58. The molecule has 0 aromatic heterocycles. The smallest absolute Gasteiger partial charge is 0.330 e. The molecule has 3 aliphatic heterocycles. The van der Waals surface area contributed by atoms with E-state index in [9.17, 15) is 29.3 Å². The number of imide groups is 1. The molecule has 0 spiro atoms. The van der Waals surface area contributed by atoms with Gasteiger partial charge in [-0.05, 0) is 19.1 Å². The fourth-order valence-electron chi connectivity index (χ4n) is 3.97. The average molecular weight is 421 g/mol. The molecule has 11 nitrogen and oxygen atoms in total. The number of carbonyl (C=O) groups is 4. The minimum absolute atomic E-state index is 0.204. The number of carbonyl (C=O) groups excluding carboxylic acids is 4. The highest BCUT2D eigenvalue weighted by Crippen LogP contribution is 2.53. The summed E-state index contributed by atoms with van der Waals surface area (Å²) in [5.41, 5.74) is 0.409. The zero-order valence-corrected chi connectivity index (χ0v) is 16.1. The first-order valence-corrected chi connectivity index (χ1v) is 9.41. The van der Waals surface area contributed by atoms with Crippen molar-refractivity contribution in [3.05, 3.63) is 45.5 Å². The van der Waals surface area contributed by atoms with Crippen molar-refractivity contribution in [1.29, 1.82) is 0 Å². The van der Waals surface area contributed by atoms with Gasteiger partial charge in [0.25, 0.3) is 22.8 Å². The largest absolute Gasteiger partial charge is 0.467 e. The van der Waals surface area contributed by atoms with Crippen molar-refractivity contribution in [3.8, 4) is 0 Å². The van der Waals surface area contributed by atoms with E-state index in [1.165, 1.54) is 24.0 Å². The number of nitrogens with zero attached hydrogens (tertiary/aromatic N) is 3. The van der Waals surface area contributed by atoms with E-state index in [2.05, 4.69) is 4.84 Å². The molecule has 3 amide bonds. The maximum atomic E-state index is 12.9. The molecule has 0 aliphatic carbocycles. The molecule has 0 saturated carbocycles. The van der Waals surface area contributed by atoms with E-state index in [4.69, 9.17) is 4.74 Å². The highest BCUT2D eigenvalue weighted by atomic mass is 32.2. The summed E-state index contributed by atoms with van der Waals surface area (Å²) in [4.78, 5) is 68.0. The molecular formula is C17H15N3O8S. The van der Waals surface area contributed by atoms with Gasteiger partial charge in [0, 0.05) is 0 Å². The van der Waals surface area contributed by atoms with Crippen LogP contribution in [-0.2, 0) is 19.2 Å². The maximum absolute atomic E-state index is 12.9. The molecule has 4 rings (SSSR count).